The summed E-state index contributed by atoms with van der Waals surface area (Å²) < 4.78 is 24.5. The molecule has 7 nitrogen and oxygen atoms in total. The van der Waals surface area contributed by atoms with Crippen molar-refractivity contribution in [2.75, 3.05) is 13.7 Å². The fourth-order valence-electron chi connectivity index (χ4n) is 4.12. The van der Waals surface area contributed by atoms with Crippen molar-refractivity contribution < 1.29 is 23.5 Å². The maximum Gasteiger partial charge on any atom is 0.215 e. The van der Waals surface area contributed by atoms with E-state index in [9.17, 15) is 14.0 Å². The molecular weight excluding hydrogens is 473 g/mol. The average Bonchev–Trinajstić information content (AvgIpc) is 2.90. The van der Waals surface area contributed by atoms with E-state index >= 15 is 0 Å². The first-order chi connectivity index (χ1) is 17.9. The lowest BCUT2D eigenvalue weighted by molar-refractivity contribution is -0.114. The lowest BCUT2D eigenvalue weighted by Gasteiger charge is -2.17. The highest BCUT2D eigenvalue weighted by atomic mass is 19.1. The Morgan fingerprint density at radius 1 is 1.00 bits per heavy atom. The van der Waals surface area contributed by atoms with Crippen LogP contribution in [0.1, 0.15) is 18.1 Å². The number of aromatic nitrogens is 2. The number of carbonyl (C=O) groups excluding carboxylic acids is 2. The van der Waals surface area contributed by atoms with Crippen LogP contribution in [0.25, 0.3) is 16.6 Å². The van der Waals surface area contributed by atoms with E-state index in [0.29, 0.717) is 45.0 Å². The number of fused-ring (bicyclic) bond motifs is 1. The maximum absolute atomic E-state index is 13.3. The van der Waals surface area contributed by atoms with Crippen LogP contribution in [0.4, 0.5) is 4.39 Å². The second kappa shape index (κ2) is 10.1. The number of aliphatic imine (C=N–C) groups is 1. The highest BCUT2D eigenvalue weighted by Crippen LogP contribution is 2.29. The zero-order chi connectivity index (χ0) is 25.9. The molecule has 8 heteroatoms. The van der Waals surface area contributed by atoms with E-state index < -0.39 is 11.6 Å². The number of nitrogens with zero attached hydrogens (tertiary/aromatic N) is 3. The summed E-state index contributed by atoms with van der Waals surface area (Å²) >= 11 is 0. The number of hydrogen-bond acceptors (Lipinski definition) is 7. The predicted octanol–water partition coefficient (Wildman–Crippen LogP) is 5.18. The number of benzene rings is 2. The number of Topliss-reactive ketones (excluding diaryl/α,β-unsaturated/α-hetero) is 2. The number of ether oxygens (including phenoxy) is 2. The third kappa shape index (κ3) is 4.99. The molecule has 1 aliphatic rings. The Balaban J connectivity index is 1.29. The zero-order valence-electron chi connectivity index (χ0n) is 20.2. The molecule has 0 amide bonds. The van der Waals surface area contributed by atoms with Crippen LogP contribution in [0, 0.1) is 5.82 Å². The van der Waals surface area contributed by atoms with Crippen molar-refractivity contribution in [3.8, 4) is 17.2 Å². The SMILES string of the molecule is COc1cnc2c(Oc3ccc(CC(=O)C4=NCC(C)=C(c5ccc(F)cc5)C4=O)cc3)ccnc2c1. The molecule has 37 heavy (non-hydrogen) atoms. The summed E-state index contributed by atoms with van der Waals surface area (Å²) in [4.78, 5) is 39.0. The number of pyridine rings is 2. The highest BCUT2D eigenvalue weighted by Gasteiger charge is 2.29. The Bertz CT molecular complexity index is 1580. The van der Waals surface area contributed by atoms with Gasteiger partial charge in [0.15, 0.2) is 11.5 Å². The standard InChI is InChI=1S/C29H22FN3O4/c1-17-15-32-28(29(35)26(17)19-5-7-20(30)8-6-19)24(34)13-18-3-9-21(10-4-18)37-25-11-12-31-23-14-22(36-2)16-33-27(23)25/h3-12,14,16H,13,15H2,1-2H3. The van der Waals surface area contributed by atoms with Gasteiger partial charge in [0.1, 0.15) is 28.5 Å². The fourth-order valence-corrected chi connectivity index (χ4v) is 4.12. The van der Waals surface area contributed by atoms with E-state index in [1.165, 1.54) is 24.3 Å². The van der Waals surface area contributed by atoms with Gasteiger partial charge < -0.3 is 9.47 Å². The van der Waals surface area contributed by atoms with Gasteiger partial charge in [-0.05, 0) is 47.9 Å². The molecule has 2 aromatic heterocycles. The van der Waals surface area contributed by atoms with Crippen molar-refractivity contribution in [2.24, 2.45) is 4.99 Å². The molecule has 184 valence electrons. The molecule has 0 saturated carbocycles. The number of rotatable bonds is 7. The molecule has 3 heterocycles. The molecule has 1 aliphatic heterocycles. The zero-order valence-corrected chi connectivity index (χ0v) is 20.2. The number of dihydropyridines is 1. The molecule has 0 unspecified atom stereocenters. The summed E-state index contributed by atoms with van der Waals surface area (Å²) in [7, 11) is 1.56. The first-order valence-corrected chi connectivity index (χ1v) is 11.6. The minimum atomic E-state index is -0.436. The van der Waals surface area contributed by atoms with Gasteiger partial charge in [0.25, 0.3) is 0 Å². The van der Waals surface area contributed by atoms with Crippen LogP contribution in [0.2, 0.25) is 0 Å². The molecule has 0 fully saturated rings. The molecule has 0 radical (unpaired) electrons. The second-order valence-corrected chi connectivity index (χ2v) is 8.55. The molecule has 0 bridgehead atoms. The topological polar surface area (TPSA) is 90.7 Å². The number of hydrogen-bond donors (Lipinski definition) is 0. The third-order valence-electron chi connectivity index (χ3n) is 6.01. The Hall–Kier alpha value is -4.72. The van der Waals surface area contributed by atoms with Gasteiger partial charge in [0.05, 0.1) is 25.4 Å². The van der Waals surface area contributed by atoms with Gasteiger partial charge in [-0.3, -0.25) is 19.6 Å². The van der Waals surface area contributed by atoms with E-state index in [0.717, 1.165) is 5.57 Å². The molecule has 0 N–H and O–H groups in total. The number of allylic oxidation sites excluding steroid dienone is 1. The second-order valence-electron chi connectivity index (χ2n) is 8.55. The molecule has 0 saturated heterocycles. The van der Waals surface area contributed by atoms with Crippen LogP contribution in [0.5, 0.6) is 17.2 Å². The van der Waals surface area contributed by atoms with Crippen molar-refractivity contribution in [3.05, 3.63) is 95.6 Å². The lowest BCUT2D eigenvalue weighted by Crippen LogP contribution is -2.30. The first kappa shape index (κ1) is 24.0. The number of halogens is 1. The van der Waals surface area contributed by atoms with E-state index in [-0.39, 0.29) is 24.5 Å². The largest absolute Gasteiger partial charge is 0.495 e. The lowest BCUT2D eigenvalue weighted by atomic mass is 9.89. The van der Waals surface area contributed by atoms with Crippen LogP contribution in [0.15, 0.2) is 83.6 Å². The van der Waals surface area contributed by atoms with Crippen molar-refractivity contribution in [2.45, 2.75) is 13.3 Å². The fraction of sp³-hybridized carbons (Fsp3) is 0.138. The molecule has 0 aliphatic carbocycles. The van der Waals surface area contributed by atoms with Crippen molar-refractivity contribution in [1.29, 1.82) is 0 Å². The van der Waals surface area contributed by atoms with Crippen molar-refractivity contribution in [3.63, 3.8) is 0 Å². The average molecular weight is 496 g/mol. The monoisotopic (exact) mass is 495 g/mol. The van der Waals surface area contributed by atoms with Crippen LogP contribution in [0.3, 0.4) is 0 Å². The van der Waals surface area contributed by atoms with Crippen LogP contribution >= 0.6 is 0 Å². The molecule has 4 aromatic rings. The number of carbonyl (C=O) groups is 2. The van der Waals surface area contributed by atoms with Crippen LogP contribution in [-0.2, 0) is 16.0 Å². The maximum atomic E-state index is 13.3. The van der Waals surface area contributed by atoms with Gasteiger partial charge in [0, 0.05) is 30.3 Å². The Morgan fingerprint density at radius 3 is 2.49 bits per heavy atom. The molecule has 0 spiro atoms. The van der Waals surface area contributed by atoms with E-state index in [1.54, 1.807) is 62.8 Å². The Morgan fingerprint density at radius 2 is 1.76 bits per heavy atom. The number of methoxy groups -OCH3 is 1. The van der Waals surface area contributed by atoms with Crippen molar-refractivity contribution in [1.82, 2.24) is 9.97 Å². The Kier molecular flexibility index (Phi) is 6.55. The highest BCUT2D eigenvalue weighted by molar-refractivity contribution is 6.74. The van der Waals surface area contributed by atoms with Gasteiger partial charge >= 0.3 is 0 Å². The van der Waals surface area contributed by atoms with E-state index in [4.69, 9.17) is 9.47 Å². The number of ketones is 2. The predicted molar refractivity (Wildman–Crippen MR) is 138 cm³/mol. The van der Waals surface area contributed by atoms with Gasteiger partial charge in [-0.25, -0.2) is 9.37 Å². The summed E-state index contributed by atoms with van der Waals surface area (Å²) in [5.74, 6) is 0.496. The summed E-state index contributed by atoms with van der Waals surface area (Å²) in [6.07, 6.45) is 3.24. The summed E-state index contributed by atoms with van der Waals surface area (Å²) in [6.45, 7) is 2.03. The molecule has 2 aromatic carbocycles. The van der Waals surface area contributed by atoms with Crippen molar-refractivity contribution >= 4 is 33.9 Å². The molecule has 5 rings (SSSR count). The summed E-state index contributed by atoms with van der Waals surface area (Å²) in [5.41, 5.74) is 3.57. The third-order valence-corrected chi connectivity index (χ3v) is 6.01. The summed E-state index contributed by atoms with van der Waals surface area (Å²) in [5, 5.41) is 0. The molecular formula is C29H22FN3O4. The quantitative estimate of drug-likeness (QED) is 0.351. The van der Waals surface area contributed by atoms with Crippen LogP contribution in [-0.4, -0.2) is 40.9 Å². The van der Waals surface area contributed by atoms with Gasteiger partial charge in [-0.2, -0.15) is 0 Å². The minimum Gasteiger partial charge on any atom is -0.495 e. The first-order valence-electron chi connectivity index (χ1n) is 11.6. The van der Waals surface area contributed by atoms with Gasteiger partial charge in [0.2, 0.25) is 5.78 Å². The van der Waals surface area contributed by atoms with E-state index in [2.05, 4.69) is 15.0 Å². The minimum absolute atomic E-state index is 0.0140. The van der Waals surface area contributed by atoms with Gasteiger partial charge in [-0.15, -0.1) is 0 Å². The Labute approximate surface area is 212 Å². The van der Waals surface area contributed by atoms with E-state index in [1.807, 2.05) is 0 Å². The molecule has 0 atom stereocenters. The van der Waals surface area contributed by atoms with Gasteiger partial charge in [-0.1, -0.05) is 24.3 Å². The smallest absolute Gasteiger partial charge is 0.215 e. The normalized spacial score (nSPS) is 13.5. The summed E-state index contributed by atoms with van der Waals surface area (Å²) in [6, 6.07) is 16.2. The van der Waals surface area contributed by atoms with Crippen LogP contribution < -0.4 is 9.47 Å².